The lowest BCUT2D eigenvalue weighted by Gasteiger charge is -2.10. The van der Waals surface area contributed by atoms with Crippen molar-refractivity contribution in [1.82, 2.24) is 14.9 Å². The molecule has 0 saturated carbocycles. The van der Waals surface area contributed by atoms with Crippen molar-refractivity contribution in [3.05, 3.63) is 94.2 Å². The predicted molar refractivity (Wildman–Crippen MR) is 144 cm³/mol. The lowest BCUT2D eigenvalue weighted by molar-refractivity contribution is 0.578. The highest BCUT2D eigenvalue weighted by Gasteiger charge is 2.09. The zero-order valence-electron chi connectivity index (χ0n) is 20.3. The summed E-state index contributed by atoms with van der Waals surface area (Å²) < 4.78 is 7.18. The van der Waals surface area contributed by atoms with E-state index in [-0.39, 0.29) is 5.56 Å². The Bertz CT molecular complexity index is 1580. The Labute approximate surface area is 209 Å². The molecule has 3 aromatic heterocycles. The van der Waals surface area contributed by atoms with Crippen LogP contribution in [0.25, 0.3) is 27.6 Å². The van der Waals surface area contributed by atoms with Crippen LogP contribution in [0, 0.1) is 18.3 Å². The van der Waals surface area contributed by atoms with E-state index in [0.717, 1.165) is 66.9 Å². The van der Waals surface area contributed by atoms with Crippen LogP contribution in [0.4, 0.5) is 5.69 Å². The number of furan rings is 1. The topological polar surface area (TPSA) is 98.8 Å². The number of aromatic amines is 1. The van der Waals surface area contributed by atoms with Gasteiger partial charge in [0.05, 0.1) is 17.0 Å². The maximum absolute atomic E-state index is 12.8. The van der Waals surface area contributed by atoms with Gasteiger partial charge >= 0.3 is 0 Å². The minimum Gasteiger partial charge on any atom is -0.461 e. The number of anilines is 1. The molecule has 0 fully saturated rings. The van der Waals surface area contributed by atoms with Gasteiger partial charge < -0.3 is 20.0 Å². The van der Waals surface area contributed by atoms with Crippen molar-refractivity contribution in [2.75, 3.05) is 25.0 Å². The lowest BCUT2D eigenvalue weighted by Crippen LogP contribution is -2.23. The van der Waals surface area contributed by atoms with E-state index in [9.17, 15) is 4.79 Å². The van der Waals surface area contributed by atoms with Crippen molar-refractivity contribution in [2.45, 2.75) is 26.2 Å². The third-order valence-corrected chi connectivity index (χ3v) is 6.43. The molecule has 7 nitrogen and oxygen atoms in total. The summed E-state index contributed by atoms with van der Waals surface area (Å²) in [4.78, 5) is 16.1. The molecule has 0 atom stereocenters. The number of hydrogen-bond donors (Lipinski definition) is 3. The van der Waals surface area contributed by atoms with Crippen LogP contribution in [0.15, 0.2) is 76.2 Å². The van der Waals surface area contributed by atoms with E-state index in [4.69, 9.17) is 9.68 Å². The molecule has 182 valence electrons. The Balaban J connectivity index is 1.04. The fraction of sp³-hybridized carbons (Fsp3) is 0.241. The van der Waals surface area contributed by atoms with E-state index in [2.05, 4.69) is 27.9 Å². The van der Waals surface area contributed by atoms with Crippen LogP contribution in [-0.2, 0) is 6.42 Å². The number of benzene rings is 2. The van der Waals surface area contributed by atoms with Gasteiger partial charge in [-0.25, -0.2) is 0 Å². The molecular formula is C29H29N5O2. The van der Waals surface area contributed by atoms with Gasteiger partial charge in [0.2, 0.25) is 0 Å². The number of nitriles is 1. The lowest BCUT2D eigenvalue weighted by atomic mass is 10.1. The van der Waals surface area contributed by atoms with Crippen LogP contribution >= 0.6 is 0 Å². The Morgan fingerprint density at radius 3 is 2.69 bits per heavy atom. The van der Waals surface area contributed by atoms with E-state index in [0.29, 0.717) is 16.5 Å². The third-order valence-electron chi connectivity index (χ3n) is 6.43. The smallest absolute Gasteiger partial charge is 0.266 e. The molecule has 0 bridgehead atoms. The van der Waals surface area contributed by atoms with Gasteiger partial charge in [-0.1, -0.05) is 0 Å². The fourth-order valence-corrected chi connectivity index (χ4v) is 4.55. The average Bonchev–Trinajstić information content (AvgIpc) is 3.49. The molecule has 0 unspecified atom stereocenters. The Hall–Kier alpha value is -4.28. The number of hydrogen-bond acceptors (Lipinski definition) is 5. The highest BCUT2D eigenvalue weighted by molar-refractivity contribution is 5.84. The number of nitrogens with one attached hydrogen (secondary N) is 3. The van der Waals surface area contributed by atoms with E-state index in [1.54, 1.807) is 16.8 Å². The number of rotatable bonds is 10. The van der Waals surface area contributed by atoms with E-state index in [1.165, 1.54) is 5.56 Å². The SMILES string of the molecule is Cc1cc2c(=O)n(-c3ccc(NCCNCCCCc4c[nH]c5ccc(C#N)cc45)cc3)ccc2o1. The largest absolute Gasteiger partial charge is 0.461 e. The first-order chi connectivity index (χ1) is 17.6. The molecule has 0 amide bonds. The standard InChI is InChI=1S/C29H29N5O2/c1-20-16-26-28(36-20)11-15-34(29(26)35)24-8-6-23(7-9-24)32-14-13-31-12-3-2-4-22-19-33-27-10-5-21(18-30)17-25(22)27/h5-11,15-17,19,31-33H,2-4,12-14H2,1H3. The maximum Gasteiger partial charge on any atom is 0.266 e. The van der Waals surface area contributed by atoms with Crippen LogP contribution in [0.2, 0.25) is 0 Å². The first-order valence-corrected chi connectivity index (χ1v) is 12.3. The highest BCUT2D eigenvalue weighted by atomic mass is 16.3. The molecule has 0 aliphatic carbocycles. The zero-order valence-corrected chi connectivity index (χ0v) is 20.3. The molecule has 0 aliphatic heterocycles. The summed E-state index contributed by atoms with van der Waals surface area (Å²) in [6.07, 6.45) is 6.99. The molecule has 36 heavy (non-hydrogen) atoms. The van der Waals surface area contributed by atoms with Crippen molar-refractivity contribution >= 4 is 27.6 Å². The average molecular weight is 480 g/mol. The van der Waals surface area contributed by atoms with Crippen molar-refractivity contribution in [2.24, 2.45) is 0 Å². The van der Waals surface area contributed by atoms with Crippen molar-refractivity contribution in [3.8, 4) is 11.8 Å². The number of aromatic nitrogens is 2. The number of pyridine rings is 1. The highest BCUT2D eigenvalue weighted by Crippen LogP contribution is 2.21. The second-order valence-corrected chi connectivity index (χ2v) is 8.99. The van der Waals surface area contributed by atoms with Gasteiger partial charge in [0.1, 0.15) is 11.3 Å². The third kappa shape index (κ3) is 5.04. The van der Waals surface area contributed by atoms with Crippen LogP contribution in [-0.4, -0.2) is 29.2 Å². The first-order valence-electron chi connectivity index (χ1n) is 12.3. The fourth-order valence-electron chi connectivity index (χ4n) is 4.55. The minimum atomic E-state index is -0.0779. The van der Waals surface area contributed by atoms with E-state index >= 15 is 0 Å². The van der Waals surface area contributed by atoms with Crippen molar-refractivity contribution in [3.63, 3.8) is 0 Å². The number of nitrogens with zero attached hydrogens (tertiary/aromatic N) is 2. The summed E-state index contributed by atoms with van der Waals surface area (Å²) in [5, 5.41) is 17.8. The summed E-state index contributed by atoms with van der Waals surface area (Å²) in [6, 6.07) is 19.5. The van der Waals surface area contributed by atoms with Crippen LogP contribution in [0.5, 0.6) is 0 Å². The summed E-state index contributed by atoms with van der Waals surface area (Å²) in [5.41, 5.74) is 5.44. The van der Waals surface area contributed by atoms with Crippen molar-refractivity contribution in [1.29, 1.82) is 5.26 Å². The molecular weight excluding hydrogens is 450 g/mol. The van der Waals surface area contributed by atoms with E-state index in [1.807, 2.05) is 55.5 Å². The molecule has 3 heterocycles. The maximum atomic E-state index is 12.8. The Morgan fingerprint density at radius 2 is 1.86 bits per heavy atom. The monoisotopic (exact) mass is 479 g/mol. The Morgan fingerprint density at radius 1 is 1.00 bits per heavy atom. The normalized spacial score (nSPS) is 11.2. The molecule has 0 radical (unpaired) electrons. The summed E-state index contributed by atoms with van der Waals surface area (Å²) in [5.74, 6) is 0.734. The van der Waals surface area contributed by atoms with Gasteiger partial charge in [0.15, 0.2) is 0 Å². The van der Waals surface area contributed by atoms with Gasteiger partial charge in [0.25, 0.3) is 5.56 Å². The number of H-pyrrole nitrogens is 1. The van der Waals surface area contributed by atoms with Crippen LogP contribution in [0.3, 0.4) is 0 Å². The summed E-state index contributed by atoms with van der Waals surface area (Å²) in [6.45, 7) is 4.50. The molecule has 2 aromatic carbocycles. The van der Waals surface area contributed by atoms with Crippen molar-refractivity contribution < 1.29 is 4.42 Å². The molecule has 3 N–H and O–H groups in total. The summed E-state index contributed by atoms with van der Waals surface area (Å²) in [7, 11) is 0. The van der Waals surface area contributed by atoms with Crippen LogP contribution in [0.1, 0.15) is 29.7 Å². The first kappa shape index (κ1) is 23.5. The zero-order chi connectivity index (χ0) is 24.9. The molecule has 7 heteroatoms. The predicted octanol–water partition coefficient (Wildman–Crippen LogP) is 5.27. The Kier molecular flexibility index (Phi) is 6.87. The molecule has 5 aromatic rings. The molecule has 0 saturated heterocycles. The van der Waals surface area contributed by atoms with Gasteiger partial charge in [-0.05, 0) is 92.9 Å². The van der Waals surface area contributed by atoms with Gasteiger partial charge in [-0.3, -0.25) is 9.36 Å². The van der Waals surface area contributed by atoms with Gasteiger partial charge in [-0.2, -0.15) is 5.26 Å². The summed E-state index contributed by atoms with van der Waals surface area (Å²) >= 11 is 0. The molecule has 0 aliphatic rings. The molecule has 0 spiro atoms. The minimum absolute atomic E-state index is 0.0779. The van der Waals surface area contributed by atoms with Gasteiger partial charge in [0, 0.05) is 47.8 Å². The number of fused-ring (bicyclic) bond motifs is 2. The number of aryl methyl sites for hydroxylation is 2. The van der Waals surface area contributed by atoms with Gasteiger partial charge in [-0.15, -0.1) is 0 Å². The second-order valence-electron chi connectivity index (χ2n) is 8.99. The van der Waals surface area contributed by atoms with Crippen LogP contribution < -0.4 is 16.2 Å². The quantitative estimate of drug-likeness (QED) is 0.237. The number of unbranched alkanes of at least 4 members (excludes halogenated alkanes) is 1. The molecule has 5 rings (SSSR count). The second kappa shape index (κ2) is 10.5. The van der Waals surface area contributed by atoms with E-state index < -0.39 is 0 Å².